The lowest BCUT2D eigenvalue weighted by atomic mass is 10.2. The molecule has 11 heavy (non-hydrogen) atoms. The molecule has 0 saturated heterocycles. The Morgan fingerprint density at radius 3 is 2.55 bits per heavy atom. The monoisotopic (exact) mass is 165 g/mol. The molecule has 2 nitrogen and oxygen atoms in total. The predicted molar refractivity (Wildman–Crippen MR) is 49.0 cm³/mol. The van der Waals surface area contributed by atoms with Crippen LogP contribution in [-0.4, -0.2) is 5.11 Å². The lowest BCUT2D eigenvalue weighted by molar-refractivity contribution is 0.917. The van der Waals surface area contributed by atoms with Gasteiger partial charge in [-0.05, 0) is 17.8 Å². The van der Waals surface area contributed by atoms with Gasteiger partial charge in [0.25, 0.3) is 0 Å². The van der Waals surface area contributed by atoms with E-state index in [4.69, 9.17) is 5.73 Å². The van der Waals surface area contributed by atoms with Crippen LogP contribution < -0.4 is 11.1 Å². The minimum atomic E-state index is 0.0915. The Labute approximate surface area is 71.4 Å². The van der Waals surface area contributed by atoms with Gasteiger partial charge in [0.2, 0.25) is 0 Å². The van der Waals surface area contributed by atoms with Crippen molar-refractivity contribution in [2.24, 2.45) is 0 Å². The van der Waals surface area contributed by atoms with Crippen LogP contribution in [0, 0.1) is 0 Å². The van der Waals surface area contributed by atoms with Crippen LogP contribution in [0.2, 0.25) is 0 Å². The lowest BCUT2D eigenvalue weighted by Crippen LogP contribution is -2.20. The Balaban J connectivity index is 2.45. The number of hydrogen-bond donors (Lipinski definition) is 1. The first-order valence-electron chi connectivity index (χ1n) is 3.32. The minimum Gasteiger partial charge on any atom is -0.357 e. The molecule has 0 aliphatic heterocycles. The highest BCUT2D eigenvalue weighted by atomic mass is 32.1. The molecule has 1 rings (SSSR count). The number of rotatable bonds is 2. The van der Waals surface area contributed by atoms with Gasteiger partial charge in [0.15, 0.2) is 5.11 Å². The van der Waals surface area contributed by atoms with Crippen molar-refractivity contribution in [3.05, 3.63) is 35.9 Å². The first-order chi connectivity index (χ1) is 5.29. The molecule has 0 amide bonds. The van der Waals surface area contributed by atoms with Gasteiger partial charge in [0.05, 0.1) is 0 Å². The van der Waals surface area contributed by atoms with Gasteiger partial charge in [-0.2, -0.15) is 0 Å². The molecule has 0 aromatic heterocycles. The maximum absolute atomic E-state index is 6.95. The van der Waals surface area contributed by atoms with Gasteiger partial charge in [-0.1, -0.05) is 30.3 Å². The van der Waals surface area contributed by atoms with E-state index in [1.807, 2.05) is 30.3 Å². The van der Waals surface area contributed by atoms with Gasteiger partial charge >= 0.3 is 0 Å². The van der Waals surface area contributed by atoms with E-state index in [1.54, 1.807) is 0 Å². The average molecular weight is 165 g/mol. The van der Waals surface area contributed by atoms with Gasteiger partial charge in [0.1, 0.15) is 0 Å². The van der Waals surface area contributed by atoms with Crippen LogP contribution in [0.15, 0.2) is 30.3 Å². The summed E-state index contributed by atoms with van der Waals surface area (Å²) in [5, 5.41) is 2.85. The van der Waals surface area contributed by atoms with Crippen LogP contribution in [0.25, 0.3) is 0 Å². The second kappa shape index (κ2) is 3.93. The van der Waals surface area contributed by atoms with Crippen molar-refractivity contribution in [3.8, 4) is 0 Å². The van der Waals surface area contributed by atoms with Crippen molar-refractivity contribution in [2.75, 3.05) is 0 Å². The molecular weight excluding hydrogens is 156 g/mol. The van der Waals surface area contributed by atoms with E-state index < -0.39 is 0 Å². The van der Waals surface area contributed by atoms with Crippen molar-refractivity contribution in [1.29, 1.82) is 0 Å². The first kappa shape index (κ1) is 8.01. The quantitative estimate of drug-likeness (QED) is 0.671. The number of nitrogens with one attached hydrogen (secondary N) is 2. The third-order valence-electron chi connectivity index (χ3n) is 1.30. The highest BCUT2D eigenvalue weighted by Crippen LogP contribution is 1.96. The molecule has 0 spiro atoms. The topological polar surface area (TPSA) is 35.8 Å². The molecular formula is C8H9N2S. The summed E-state index contributed by atoms with van der Waals surface area (Å²) < 4.78 is 0. The zero-order chi connectivity index (χ0) is 8.10. The third kappa shape index (κ3) is 3.00. The summed E-state index contributed by atoms with van der Waals surface area (Å²) in [5.41, 5.74) is 8.09. The molecule has 2 N–H and O–H groups in total. The molecule has 0 heterocycles. The molecule has 1 aromatic carbocycles. The smallest absolute Gasteiger partial charge is 0.185 e. The second-order valence-corrected chi connectivity index (χ2v) is 2.58. The summed E-state index contributed by atoms with van der Waals surface area (Å²) in [5.74, 6) is 0. The molecule has 0 saturated carbocycles. The second-order valence-electron chi connectivity index (χ2n) is 2.17. The van der Waals surface area contributed by atoms with Crippen LogP contribution in [0.3, 0.4) is 0 Å². The third-order valence-corrected chi connectivity index (χ3v) is 1.44. The maximum Gasteiger partial charge on any atom is 0.185 e. The van der Waals surface area contributed by atoms with E-state index in [-0.39, 0.29) is 5.11 Å². The Kier molecular flexibility index (Phi) is 2.86. The standard InChI is InChI=1S/C8H9N2S/c9-8(11)10-6-7-4-2-1-3-5-7/h1-5,9H,6H2,(H,10,11). The predicted octanol–water partition coefficient (Wildman–Crippen LogP) is 1.34. The molecule has 0 unspecified atom stereocenters. The molecule has 57 valence electrons. The fourth-order valence-electron chi connectivity index (χ4n) is 0.778. The Hall–Kier alpha value is -1.09. The summed E-state index contributed by atoms with van der Waals surface area (Å²) in [6.07, 6.45) is 0. The van der Waals surface area contributed by atoms with E-state index in [9.17, 15) is 0 Å². The van der Waals surface area contributed by atoms with Crippen LogP contribution in [0.4, 0.5) is 0 Å². The minimum absolute atomic E-state index is 0.0915. The van der Waals surface area contributed by atoms with Crippen molar-refractivity contribution in [2.45, 2.75) is 6.54 Å². The molecule has 0 fully saturated rings. The van der Waals surface area contributed by atoms with Crippen molar-refractivity contribution in [3.63, 3.8) is 0 Å². The van der Waals surface area contributed by atoms with Gasteiger partial charge in [-0.3, -0.25) is 5.73 Å². The Morgan fingerprint density at radius 1 is 1.36 bits per heavy atom. The summed E-state index contributed by atoms with van der Waals surface area (Å²) in [6.45, 7) is 0.642. The van der Waals surface area contributed by atoms with Crippen LogP contribution >= 0.6 is 12.2 Å². The van der Waals surface area contributed by atoms with Crippen LogP contribution in [-0.2, 0) is 6.54 Å². The zero-order valence-electron chi connectivity index (χ0n) is 6.00. The zero-order valence-corrected chi connectivity index (χ0v) is 6.82. The van der Waals surface area contributed by atoms with E-state index in [1.165, 1.54) is 0 Å². The van der Waals surface area contributed by atoms with E-state index >= 15 is 0 Å². The highest BCUT2D eigenvalue weighted by molar-refractivity contribution is 7.80. The number of thiocarbonyl (C=S) groups is 1. The van der Waals surface area contributed by atoms with Crippen LogP contribution in [0.5, 0.6) is 0 Å². The SMILES string of the molecule is [NH]C(=S)NCc1ccccc1. The summed E-state index contributed by atoms with van der Waals surface area (Å²) in [4.78, 5) is 0. The summed E-state index contributed by atoms with van der Waals surface area (Å²) >= 11 is 4.55. The van der Waals surface area contributed by atoms with Crippen molar-refractivity contribution in [1.82, 2.24) is 11.1 Å². The van der Waals surface area contributed by atoms with Crippen molar-refractivity contribution >= 4 is 17.3 Å². The molecule has 0 bridgehead atoms. The first-order valence-corrected chi connectivity index (χ1v) is 3.73. The van der Waals surface area contributed by atoms with E-state index in [2.05, 4.69) is 17.5 Å². The number of hydrogen-bond acceptors (Lipinski definition) is 1. The molecule has 0 aliphatic rings. The highest BCUT2D eigenvalue weighted by Gasteiger charge is 1.89. The molecule has 3 heteroatoms. The largest absolute Gasteiger partial charge is 0.357 e. The van der Waals surface area contributed by atoms with Gasteiger partial charge < -0.3 is 5.32 Å². The lowest BCUT2D eigenvalue weighted by Gasteiger charge is -2.01. The van der Waals surface area contributed by atoms with Gasteiger partial charge in [-0.15, -0.1) is 0 Å². The Morgan fingerprint density at radius 2 is 2.00 bits per heavy atom. The fourth-order valence-corrected chi connectivity index (χ4v) is 0.850. The molecule has 1 radical (unpaired) electrons. The van der Waals surface area contributed by atoms with Gasteiger partial charge in [-0.25, -0.2) is 0 Å². The summed E-state index contributed by atoms with van der Waals surface area (Å²) in [6, 6.07) is 9.87. The molecule has 0 aliphatic carbocycles. The molecule has 1 aromatic rings. The van der Waals surface area contributed by atoms with Crippen LogP contribution in [0.1, 0.15) is 5.56 Å². The fraction of sp³-hybridized carbons (Fsp3) is 0.125. The average Bonchev–Trinajstić information content (AvgIpc) is 2.03. The summed E-state index contributed by atoms with van der Waals surface area (Å²) in [7, 11) is 0. The van der Waals surface area contributed by atoms with Crippen molar-refractivity contribution < 1.29 is 0 Å². The normalized spacial score (nSPS) is 9.09. The number of benzene rings is 1. The molecule has 0 atom stereocenters. The van der Waals surface area contributed by atoms with E-state index in [0.717, 1.165) is 5.56 Å². The maximum atomic E-state index is 6.95. The van der Waals surface area contributed by atoms with Gasteiger partial charge in [0, 0.05) is 6.54 Å². The van der Waals surface area contributed by atoms with E-state index in [0.29, 0.717) is 6.54 Å². The Bertz CT molecular complexity index is 233.